The molecule has 0 saturated heterocycles. The van der Waals surface area contributed by atoms with Gasteiger partial charge in [-0.2, -0.15) is 0 Å². The number of hydrogen-bond donors (Lipinski definition) is 2. The number of rotatable bonds is 4. The number of benzene rings is 3. The third kappa shape index (κ3) is 4.49. The molecular formula is C23H20BrN3O2. The molecule has 0 spiro atoms. The van der Waals surface area contributed by atoms with Gasteiger partial charge in [-0.15, -0.1) is 0 Å². The van der Waals surface area contributed by atoms with Crippen LogP contribution in [0, 0.1) is 0 Å². The molecule has 5 nitrogen and oxygen atoms in total. The summed E-state index contributed by atoms with van der Waals surface area (Å²) in [5, 5.41) is 5.67. The fraction of sp³-hybridized carbons (Fsp3) is 0.130. The molecule has 146 valence electrons. The Balaban J connectivity index is 1.43. The van der Waals surface area contributed by atoms with Gasteiger partial charge in [0.1, 0.15) is 0 Å². The van der Waals surface area contributed by atoms with Crippen molar-refractivity contribution < 1.29 is 9.59 Å². The van der Waals surface area contributed by atoms with Gasteiger partial charge in [0.2, 0.25) is 0 Å². The molecule has 1 aliphatic heterocycles. The lowest BCUT2D eigenvalue weighted by molar-refractivity contribution is 0.0989. The van der Waals surface area contributed by atoms with E-state index in [1.807, 2.05) is 77.7 Å². The highest BCUT2D eigenvalue weighted by Crippen LogP contribution is 2.30. The molecule has 29 heavy (non-hydrogen) atoms. The predicted octanol–water partition coefficient (Wildman–Crippen LogP) is 4.97. The van der Waals surface area contributed by atoms with Crippen LogP contribution in [0.4, 0.5) is 16.2 Å². The van der Waals surface area contributed by atoms with Crippen LogP contribution in [-0.4, -0.2) is 18.5 Å². The molecule has 6 heteroatoms. The third-order valence-electron chi connectivity index (χ3n) is 4.85. The Morgan fingerprint density at radius 1 is 0.966 bits per heavy atom. The number of anilines is 2. The first-order valence-electron chi connectivity index (χ1n) is 9.39. The van der Waals surface area contributed by atoms with E-state index in [1.54, 1.807) is 0 Å². The molecule has 0 aromatic heterocycles. The van der Waals surface area contributed by atoms with Crippen LogP contribution in [0.1, 0.15) is 21.5 Å². The van der Waals surface area contributed by atoms with Crippen molar-refractivity contribution in [1.82, 2.24) is 5.32 Å². The second-order valence-electron chi connectivity index (χ2n) is 6.85. The van der Waals surface area contributed by atoms with Crippen molar-refractivity contribution >= 4 is 39.2 Å². The number of urea groups is 1. The molecule has 1 heterocycles. The summed E-state index contributed by atoms with van der Waals surface area (Å²) in [5.41, 5.74) is 4.41. The lowest BCUT2D eigenvalue weighted by Crippen LogP contribution is -2.29. The van der Waals surface area contributed by atoms with Crippen LogP contribution >= 0.6 is 15.9 Å². The van der Waals surface area contributed by atoms with Gasteiger partial charge in [-0.3, -0.25) is 4.79 Å². The van der Waals surface area contributed by atoms with Gasteiger partial charge >= 0.3 is 6.03 Å². The third-order valence-corrected chi connectivity index (χ3v) is 5.34. The average molecular weight is 450 g/mol. The Morgan fingerprint density at radius 3 is 2.59 bits per heavy atom. The molecule has 0 saturated carbocycles. The Bertz CT molecular complexity index is 1050. The van der Waals surface area contributed by atoms with Crippen LogP contribution in [0.3, 0.4) is 0 Å². The standard InChI is InChI=1S/C23H20BrN3O2/c24-19-7-4-8-20(14-19)26-23(29)25-15-16-9-10-17-11-12-27(21(17)13-16)22(28)18-5-2-1-3-6-18/h1-10,13-14H,11-12,15H2,(H2,25,26,29). The van der Waals surface area contributed by atoms with Crippen LogP contribution < -0.4 is 15.5 Å². The van der Waals surface area contributed by atoms with E-state index >= 15 is 0 Å². The van der Waals surface area contributed by atoms with Gasteiger partial charge in [-0.05, 0) is 53.9 Å². The van der Waals surface area contributed by atoms with E-state index in [0.29, 0.717) is 24.3 Å². The van der Waals surface area contributed by atoms with Crippen molar-refractivity contribution in [2.24, 2.45) is 0 Å². The van der Waals surface area contributed by atoms with Gasteiger partial charge in [0, 0.05) is 34.5 Å². The van der Waals surface area contributed by atoms with E-state index in [4.69, 9.17) is 0 Å². The zero-order valence-electron chi connectivity index (χ0n) is 15.7. The summed E-state index contributed by atoms with van der Waals surface area (Å²) in [6.45, 7) is 1.05. The Hall–Kier alpha value is -3.12. The van der Waals surface area contributed by atoms with Crippen molar-refractivity contribution in [3.8, 4) is 0 Å². The minimum Gasteiger partial charge on any atom is -0.334 e. The summed E-state index contributed by atoms with van der Waals surface area (Å²) in [7, 11) is 0. The Morgan fingerprint density at radius 2 is 1.79 bits per heavy atom. The molecule has 0 fully saturated rings. The molecule has 0 unspecified atom stereocenters. The van der Waals surface area contributed by atoms with Crippen LogP contribution in [0.5, 0.6) is 0 Å². The Kier molecular flexibility index (Phi) is 5.62. The van der Waals surface area contributed by atoms with E-state index in [-0.39, 0.29) is 11.9 Å². The summed E-state index contributed by atoms with van der Waals surface area (Å²) in [6.07, 6.45) is 0.838. The zero-order valence-corrected chi connectivity index (χ0v) is 17.3. The molecule has 3 amide bonds. The highest BCUT2D eigenvalue weighted by molar-refractivity contribution is 9.10. The fourth-order valence-corrected chi connectivity index (χ4v) is 3.81. The molecule has 1 aliphatic rings. The van der Waals surface area contributed by atoms with E-state index in [0.717, 1.165) is 27.7 Å². The molecule has 3 aromatic rings. The van der Waals surface area contributed by atoms with Crippen molar-refractivity contribution in [2.75, 3.05) is 16.8 Å². The lowest BCUT2D eigenvalue weighted by Gasteiger charge is -2.18. The van der Waals surface area contributed by atoms with Crippen LogP contribution in [-0.2, 0) is 13.0 Å². The SMILES string of the molecule is O=C(NCc1ccc2c(c1)N(C(=O)c1ccccc1)CC2)Nc1cccc(Br)c1. The van der Waals surface area contributed by atoms with Crippen molar-refractivity contribution in [3.05, 3.63) is 94.0 Å². The highest BCUT2D eigenvalue weighted by atomic mass is 79.9. The zero-order chi connectivity index (χ0) is 20.2. The summed E-state index contributed by atoms with van der Waals surface area (Å²) >= 11 is 3.39. The molecule has 4 rings (SSSR count). The largest absolute Gasteiger partial charge is 0.334 e. The molecule has 0 aliphatic carbocycles. The number of carbonyl (C=O) groups excluding carboxylic acids is 2. The highest BCUT2D eigenvalue weighted by Gasteiger charge is 2.25. The number of hydrogen-bond acceptors (Lipinski definition) is 2. The van der Waals surface area contributed by atoms with Crippen LogP contribution in [0.25, 0.3) is 0 Å². The first-order chi connectivity index (χ1) is 14.1. The minimum atomic E-state index is -0.277. The molecule has 0 atom stereocenters. The molecule has 0 bridgehead atoms. The normalized spacial score (nSPS) is 12.4. The quantitative estimate of drug-likeness (QED) is 0.590. The van der Waals surface area contributed by atoms with Gasteiger partial charge in [0.15, 0.2) is 0 Å². The second-order valence-corrected chi connectivity index (χ2v) is 7.77. The summed E-state index contributed by atoms with van der Waals surface area (Å²) in [4.78, 5) is 26.9. The fourth-order valence-electron chi connectivity index (χ4n) is 3.41. The maximum atomic E-state index is 12.9. The number of nitrogens with zero attached hydrogens (tertiary/aromatic N) is 1. The molecule has 3 aromatic carbocycles. The molecule has 2 N–H and O–H groups in total. The van der Waals surface area contributed by atoms with Crippen molar-refractivity contribution in [1.29, 1.82) is 0 Å². The number of halogens is 1. The minimum absolute atomic E-state index is 0.00172. The van der Waals surface area contributed by atoms with Crippen LogP contribution in [0.2, 0.25) is 0 Å². The van der Waals surface area contributed by atoms with E-state index in [9.17, 15) is 9.59 Å². The number of amides is 3. The van der Waals surface area contributed by atoms with Crippen molar-refractivity contribution in [2.45, 2.75) is 13.0 Å². The first kappa shape index (κ1) is 19.2. The maximum Gasteiger partial charge on any atom is 0.319 e. The smallest absolute Gasteiger partial charge is 0.319 e. The lowest BCUT2D eigenvalue weighted by atomic mass is 10.1. The topological polar surface area (TPSA) is 61.4 Å². The van der Waals surface area contributed by atoms with Gasteiger partial charge in [-0.25, -0.2) is 4.79 Å². The molecule has 0 radical (unpaired) electrons. The van der Waals surface area contributed by atoms with Crippen LogP contribution in [0.15, 0.2) is 77.3 Å². The van der Waals surface area contributed by atoms with Gasteiger partial charge in [-0.1, -0.05) is 52.3 Å². The second kappa shape index (κ2) is 8.49. The van der Waals surface area contributed by atoms with Gasteiger partial charge < -0.3 is 15.5 Å². The summed E-state index contributed by atoms with van der Waals surface area (Å²) < 4.78 is 0.900. The van der Waals surface area contributed by atoms with E-state index in [2.05, 4.69) is 26.6 Å². The monoisotopic (exact) mass is 449 g/mol. The van der Waals surface area contributed by atoms with Crippen molar-refractivity contribution in [3.63, 3.8) is 0 Å². The summed E-state index contributed by atoms with van der Waals surface area (Å²) in [6, 6.07) is 22.5. The van der Waals surface area contributed by atoms with E-state index < -0.39 is 0 Å². The number of fused-ring (bicyclic) bond motifs is 1. The number of carbonyl (C=O) groups is 2. The molecular weight excluding hydrogens is 430 g/mol. The summed E-state index contributed by atoms with van der Waals surface area (Å²) in [5.74, 6) is 0.00172. The Labute approximate surface area is 177 Å². The number of nitrogens with one attached hydrogen (secondary N) is 2. The maximum absolute atomic E-state index is 12.9. The van der Waals surface area contributed by atoms with E-state index in [1.165, 1.54) is 0 Å². The van der Waals surface area contributed by atoms with Gasteiger partial charge in [0.25, 0.3) is 5.91 Å². The van der Waals surface area contributed by atoms with Gasteiger partial charge in [0.05, 0.1) is 0 Å². The predicted molar refractivity (Wildman–Crippen MR) is 118 cm³/mol. The average Bonchev–Trinajstić information content (AvgIpc) is 3.15. The first-order valence-corrected chi connectivity index (χ1v) is 10.2.